The van der Waals surface area contributed by atoms with E-state index >= 15 is 0 Å². The van der Waals surface area contributed by atoms with Gasteiger partial charge in [0.25, 0.3) is 5.91 Å². The Balaban J connectivity index is 3.46. The van der Waals surface area contributed by atoms with Crippen molar-refractivity contribution in [2.24, 2.45) is 5.73 Å². The number of carbonyl (C=O) groups is 1. The molecule has 0 atom stereocenters. The molecule has 0 rings (SSSR count). The number of hydrogen-bond donors (Lipinski definition) is 2. The molecular formula is C6H14N2O2. The van der Waals surface area contributed by atoms with Crippen molar-refractivity contribution in [2.45, 2.75) is 26.4 Å². The van der Waals surface area contributed by atoms with Crippen LogP contribution in [0, 0.1) is 0 Å². The first-order valence-electron chi connectivity index (χ1n) is 3.12. The van der Waals surface area contributed by atoms with Crippen LogP contribution in [0.5, 0.6) is 0 Å². The van der Waals surface area contributed by atoms with Crippen LogP contribution in [0.25, 0.3) is 0 Å². The molecule has 0 aliphatic carbocycles. The van der Waals surface area contributed by atoms with Crippen LogP contribution in [0.15, 0.2) is 0 Å². The number of rotatable bonds is 2. The summed E-state index contributed by atoms with van der Waals surface area (Å²) in [5.41, 5.74) is 6.86. The Kier molecular flexibility index (Phi) is 3.32. The van der Waals surface area contributed by atoms with Gasteiger partial charge in [0.15, 0.2) is 0 Å². The molecule has 0 aliphatic heterocycles. The van der Waals surface area contributed by atoms with Crippen molar-refractivity contribution in [3.8, 4) is 0 Å². The van der Waals surface area contributed by atoms with E-state index < -0.39 is 0 Å². The minimum Gasteiger partial charge on any atom is -0.322 e. The van der Waals surface area contributed by atoms with E-state index in [4.69, 9.17) is 10.6 Å². The van der Waals surface area contributed by atoms with Gasteiger partial charge in [0, 0.05) is 0 Å². The molecule has 0 saturated carbocycles. The third-order valence-corrected chi connectivity index (χ3v) is 0.656. The van der Waals surface area contributed by atoms with Crippen molar-refractivity contribution in [1.82, 2.24) is 5.48 Å². The maximum Gasteiger partial charge on any atom is 0.257 e. The fraction of sp³-hybridized carbons (Fsp3) is 0.833. The van der Waals surface area contributed by atoms with Crippen LogP contribution in [0.2, 0.25) is 0 Å². The highest BCUT2D eigenvalue weighted by molar-refractivity contribution is 5.76. The molecule has 0 radical (unpaired) electrons. The molecule has 10 heavy (non-hydrogen) atoms. The van der Waals surface area contributed by atoms with Gasteiger partial charge >= 0.3 is 0 Å². The van der Waals surface area contributed by atoms with E-state index in [2.05, 4.69) is 5.48 Å². The first-order chi connectivity index (χ1) is 4.45. The SMILES string of the molecule is CC(C)(C)ONC(=O)CN. The summed E-state index contributed by atoms with van der Waals surface area (Å²) in [4.78, 5) is 15.4. The molecule has 0 saturated heterocycles. The molecule has 0 unspecified atom stereocenters. The van der Waals surface area contributed by atoms with Gasteiger partial charge in [-0.3, -0.25) is 9.63 Å². The Morgan fingerprint density at radius 1 is 1.60 bits per heavy atom. The maximum atomic E-state index is 10.5. The van der Waals surface area contributed by atoms with E-state index in [0.717, 1.165) is 0 Å². The molecular weight excluding hydrogens is 132 g/mol. The average Bonchev–Trinajstić information content (AvgIpc) is 1.81. The molecule has 4 nitrogen and oxygen atoms in total. The molecule has 3 N–H and O–H groups in total. The normalized spacial score (nSPS) is 11.2. The summed E-state index contributed by atoms with van der Waals surface area (Å²) in [5, 5.41) is 0. The van der Waals surface area contributed by atoms with Gasteiger partial charge in [-0.15, -0.1) is 0 Å². The maximum absolute atomic E-state index is 10.5. The van der Waals surface area contributed by atoms with Crippen molar-refractivity contribution in [1.29, 1.82) is 0 Å². The second kappa shape index (κ2) is 3.53. The van der Waals surface area contributed by atoms with Gasteiger partial charge < -0.3 is 5.73 Å². The van der Waals surface area contributed by atoms with Crippen LogP contribution in [-0.4, -0.2) is 18.1 Å². The Bertz CT molecular complexity index is 117. The highest BCUT2D eigenvalue weighted by Crippen LogP contribution is 2.02. The number of hydrogen-bond acceptors (Lipinski definition) is 3. The van der Waals surface area contributed by atoms with E-state index in [1.54, 1.807) is 0 Å². The second-order valence-electron chi connectivity index (χ2n) is 2.94. The summed E-state index contributed by atoms with van der Waals surface area (Å²) >= 11 is 0. The zero-order chi connectivity index (χ0) is 8.20. The number of nitrogens with one attached hydrogen (secondary N) is 1. The molecule has 4 heteroatoms. The average molecular weight is 146 g/mol. The predicted molar refractivity (Wildman–Crippen MR) is 38.0 cm³/mol. The fourth-order valence-electron chi connectivity index (χ4n) is 0.252. The Morgan fingerprint density at radius 3 is 2.40 bits per heavy atom. The second-order valence-corrected chi connectivity index (χ2v) is 2.94. The van der Waals surface area contributed by atoms with Crippen LogP contribution in [-0.2, 0) is 9.63 Å². The molecule has 0 fully saturated rings. The Labute approximate surface area is 60.7 Å². The third-order valence-electron chi connectivity index (χ3n) is 0.656. The molecule has 60 valence electrons. The van der Waals surface area contributed by atoms with Gasteiger partial charge in [0.1, 0.15) is 0 Å². The van der Waals surface area contributed by atoms with Gasteiger partial charge in [-0.2, -0.15) is 0 Å². The van der Waals surface area contributed by atoms with Crippen molar-refractivity contribution in [3.05, 3.63) is 0 Å². The summed E-state index contributed by atoms with van der Waals surface area (Å²) in [6, 6.07) is 0. The van der Waals surface area contributed by atoms with E-state index in [9.17, 15) is 4.79 Å². The number of carbonyl (C=O) groups excluding carboxylic acids is 1. The fourth-order valence-corrected chi connectivity index (χ4v) is 0.252. The molecule has 0 aromatic heterocycles. The lowest BCUT2D eigenvalue weighted by molar-refractivity contribution is -0.144. The van der Waals surface area contributed by atoms with Crippen molar-refractivity contribution < 1.29 is 9.63 Å². The van der Waals surface area contributed by atoms with E-state index in [-0.39, 0.29) is 18.1 Å². The highest BCUT2D eigenvalue weighted by Gasteiger charge is 2.11. The van der Waals surface area contributed by atoms with Crippen molar-refractivity contribution >= 4 is 5.91 Å². The summed E-state index contributed by atoms with van der Waals surface area (Å²) in [6.07, 6.45) is 0. The van der Waals surface area contributed by atoms with Crippen LogP contribution >= 0.6 is 0 Å². The summed E-state index contributed by atoms with van der Waals surface area (Å²) in [6.45, 7) is 5.47. The zero-order valence-corrected chi connectivity index (χ0v) is 6.60. The minimum absolute atomic E-state index is 0.0456. The van der Waals surface area contributed by atoms with Crippen LogP contribution in [0.1, 0.15) is 20.8 Å². The molecule has 1 amide bonds. The highest BCUT2D eigenvalue weighted by atomic mass is 16.7. The lowest BCUT2D eigenvalue weighted by atomic mass is 10.2. The Hall–Kier alpha value is -0.610. The van der Waals surface area contributed by atoms with Gasteiger partial charge in [0.2, 0.25) is 0 Å². The minimum atomic E-state index is -0.356. The first-order valence-corrected chi connectivity index (χ1v) is 3.12. The quantitative estimate of drug-likeness (QED) is 0.530. The molecule has 0 aromatic carbocycles. The van der Waals surface area contributed by atoms with Gasteiger partial charge in [-0.1, -0.05) is 0 Å². The van der Waals surface area contributed by atoms with Gasteiger partial charge in [0.05, 0.1) is 12.1 Å². The van der Waals surface area contributed by atoms with E-state index in [1.807, 2.05) is 20.8 Å². The molecule has 0 spiro atoms. The summed E-state index contributed by atoms with van der Waals surface area (Å²) < 4.78 is 0. The largest absolute Gasteiger partial charge is 0.322 e. The molecule has 0 aromatic rings. The van der Waals surface area contributed by atoms with E-state index in [0.29, 0.717) is 0 Å². The third kappa shape index (κ3) is 5.53. The standard InChI is InChI=1S/C6H14N2O2/c1-6(2,3)10-8-5(9)4-7/h4,7H2,1-3H3,(H,8,9). The number of nitrogens with two attached hydrogens (primary N) is 1. The summed E-state index contributed by atoms with van der Waals surface area (Å²) in [7, 11) is 0. The van der Waals surface area contributed by atoms with Crippen molar-refractivity contribution in [2.75, 3.05) is 6.54 Å². The smallest absolute Gasteiger partial charge is 0.257 e. The van der Waals surface area contributed by atoms with Crippen molar-refractivity contribution in [3.63, 3.8) is 0 Å². The van der Waals surface area contributed by atoms with Gasteiger partial charge in [-0.25, -0.2) is 5.48 Å². The predicted octanol–water partition coefficient (Wildman–Crippen LogP) is -0.209. The lowest BCUT2D eigenvalue weighted by Crippen LogP contribution is -2.36. The van der Waals surface area contributed by atoms with E-state index in [1.165, 1.54) is 0 Å². The van der Waals surface area contributed by atoms with Crippen LogP contribution in [0.3, 0.4) is 0 Å². The molecule has 0 bridgehead atoms. The first kappa shape index (κ1) is 9.39. The van der Waals surface area contributed by atoms with Crippen LogP contribution < -0.4 is 11.2 Å². The monoisotopic (exact) mass is 146 g/mol. The lowest BCUT2D eigenvalue weighted by Gasteiger charge is -2.18. The summed E-state index contributed by atoms with van der Waals surface area (Å²) in [5.74, 6) is -0.310. The number of hydroxylamine groups is 1. The molecule has 0 heterocycles. The zero-order valence-electron chi connectivity index (χ0n) is 6.60. The van der Waals surface area contributed by atoms with Crippen LogP contribution in [0.4, 0.5) is 0 Å². The Morgan fingerprint density at radius 2 is 2.10 bits per heavy atom. The molecule has 0 aliphatic rings. The van der Waals surface area contributed by atoms with Gasteiger partial charge in [-0.05, 0) is 20.8 Å². The topological polar surface area (TPSA) is 64.3 Å². The number of amides is 1.